The van der Waals surface area contributed by atoms with Crippen molar-refractivity contribution in [2.24, 2.45) is 5.92 Å². The number of alkyl carbamates (subject to hydrolysis) is 1. The normalized spacial score (nSPS) is 12.3. The third kappa shape index (κ3) is 5.16. The van der Waals surface area contributed by atoms with E-state index in [2.05, 4.69) is 10.1 Å². The molecular formula is C8H14FNO3. The van der Waals surface area contributed by atoms with Gasteiger partial charge in [-0.15, -0.1) is 0 Å². The summed E-state index contributed by atoms with van der Waals surface area (Å²) in [4.78, 5) is 21.2. The topological polar surface area (TPSA) is 55.4 Å². The Kier molecular flexibility index (Phi) is 5.84. The van der Waals surface area contributed by atoms with E-state index in [1.54, 1.807) is 13.8 Å². The second kappa shape index (κ2) is 6.39. The van der Waals surface area contributed by atoms with Gasteiger partial charge >= 0.3 is 6.09 Å². The Balaban J connectivity index is 3.80. The first-order chi connectivity index (χ1) is 6.11. The molecule has 1 atom stereocenters. The third-order valence-electron chi connectivity index (χ3n) is 1.46. The Labute approximate surface area is 76.4 Å². The van der Waals surface area contributed by atoms with Gasteiger partial charge in [-0.2, -0.15) is 0 Å². The highest BCUT2D eigenvalue weighted by molar-refractivity contribution is 5.73. The van der Waals surface area contributed by atoms with Gasteiger partial charge in [0.15, 0.2) is 0 Å². The van der Waals surface area contributed by atoms with Crippen LogP contribution >= 0.6 is 0 Å². The largest absolute Gasteiger partial charge is 0.447 e. The molecule has 13 heavy (non-hydrogen) atoms. The van der Waals surface area contributed by atoms with Crippen LogP contribution in [0.1, 0.15) is 13.8 Å². The van der Waals surface area contributed by atoms with Gasteiger partial charge in [0.05, 0.1) is 6.04 Å². The fourth-order valence-electron chi connectivity index (χ4n) is 0.667. The van der Waals surface area contributed by atoms with Crippen LogP contribution in [0.15, 0.2) is 0 Å². The molecule has 1 N–H and O–H groups in total. The minimum absolute atomic E-state index is 0.00423. The van der Waals surface area contributed by atoms with Crippen molar-refractivity contribution in [3.8, 4) is 0 Å². The number of rotatable bonds is 5. The second-order valence-electron chi connectivity index (χ2n) is 2.88. The molecule has 0 spiro atoms. The Bertz CT molecular complexity index is 173. The second-order valence-corrected chi connectivity index (χ2v) is 2.88. The highest BCUT2D eigenvalue weighted by Crippen LogP contribution is 1.98. The van der Waals surface area contributed by atoms with Crippen molar-refractivity contribution in [3.05, 3.63) is 0 Å². The Hall–Kier alpha value is -1.13. The van der Waals surface area contributed by atoms with Gasteiger partial charge in [0, 0.05) is 0 Å². The van der Waals surface area contributed by atoms with Crippen molar-refractivity contribution < 1.29 is 18.7 Å². The summed E-state index contributed by atoms with van der Waals surface area (Å²) >= 11 is 0. The minimum Gasteiger partial charge on any atom is -0.447 e. The number of hydrogen-bond donors (Lipinski definition) is 1. The van der Waals surface area contributed by atoms with Gasteiger partial charge in [-0.05, 0) is 5.92 Å². The van der Waals surface area contributed by atoms with Gasteiger partial charge in [-0.25, -0.2) is 9.18 Å². The van der Waals surface area contributed by atoms with E-state index in [0.717, 1.165) is 0 Å². The maximum atomic E-state index is 11.6. The van der Waals surface area contributed by atoms with Gasteiger partial charge < -0.3 is 14.8 Å². The van der Waals surface area contributed by atoms with Crippen LogP contribution in [-0.4, -0.2) is 31.7 Å². The zero-order valence-corrected chi connectivity index (χ0v) is 7.75. The fourth-order valence-corrected chi connectivity index (χ4v) is 0.667. The van der Waals surface area contributed by atoms with Crippen LogP contribution < -0.4 is 5.32 Å². The van der Waals surface area contributed by atoms with Gasteiger partial charge in [0.2, 0.25) is 0 Å². The molecule has 0 aliphatic heterocycles. The summed E-state index contributed by atoms with van der Waals surface area (Å²) in [5, 5.41) is 2.31. The van der Waals surface area contributed by atoms with Crippen molar-refractivity contribution in [3.63, 3.8) is 0 Å². The molecule has 0 saturated heterocycles. The highest BCUT2D eigenvalue weighted by Gasteiger charge is 2.15. The van der Waals surface area contributed by atoms with Crippen LogP contribution in [0.4, 0.5) is 9.18 Å². The van der Waals surface area contributed by atoms with Crippen molar-refractivity contribution >= 4 is 12.4 Å². The van der Waals surface area contributed by atoms with Crippen molar-refractivity contribution in [1.29, 1.82) is 0 Å². The van der Waals surface area contributed by atoms with E-state index in [4.69, 9.17) is 0 Å². The first kappa shape index (κ1) is 11.9. The summed E-state index contributed by atoms with van der Waals surface area (Å²) in [5.41, 5.74) is 0. The summed E-state index contributed by atoms with van der Waals surface area (Å²) in [7, 11) is 0. The Morgan fingerprint density at radius 2 is 2.23 bits per heavy atom. The van der Waals surface area contributed by atoms with Crippen molar-refractivity contribution in [1.82, 2.24) is 5.32 Å². The van der Waals surface area contributed by atoms with Crippen molar-refractivity contribution in [2.75, 3.05) is 13.3 Å². The first-order valence-electron chi connectivity index (χ1n) is 4.06. The van der Waals surface area contributed by atoms with E-state index < -0.39 is 18.8 Å². The number of nitrogens with one attached hydrogen (secondary N) is 1. The van der Waals surface area contributed by atoms with Gasteiger partial charge in [-0.3, -0.25) is 0 Å². The van der Waals surface area contributed by atoms with Crippen LogP contribution in [0.5, 0.6) is 0 Å². The van der Waals surface area contributed by atoms with Crippen molar-refractivity contribution in [2.45, 2.75) is 19.9 Å². The zero-order chi connectivity index (χ0) is 10.3. The predicted molar refractivity (Wildman–Crippen MR) is 45.1 cm³/mol. The summed E-state index contributed by atoms with van der Waals surface area (Å²) in [6, 6.07) is -0.577. The molecule has 5 heteroatoms. The summed E-state index contributed by atoms with van der Waals surface area (Å²) < 4.78 is 15.9. The van der Waals surface area contributed by atoms with E-state index in [0.29, 0.717) is 6.29 Å². The molecule has 76 valence electrons. The predicted octanol–water partition coefficient (Wildman–Crippen LogP) is 0.906. The zero-order valence-electron chi connectivity index (χ0n) is 7.75. The van der Waals surface area contributed by atoms with Crippen LogP contribution in [0.3, 0.4) is 0 Å². The van der Waals surface area contributed by atoms with E-state index in [-0.39, 0.29) is 12.5 Å². The monoisotopic (exact) mass is 191 g/mol. The lowest BCUT2D eigenvalue weighted by molar-refractivity contribution is -0.110. The molecule has 1 amide bonds. The van der Waals surface area contributed by atoms with E-state index in [9.17, 15) is 14.0 Å². The lowest BCUT2D eigenvalue weighted by Gasteiger charge is -2.15. The number of hydrogen-bond acceptors (Lipinski definition) is 3. The molecule has 4 nitrogen and oxygen atoms in total. The van der Waals surface area contributed by atoms with Crippen LogP contribution in [-0.2, 0) is 9.53 Å². The molecule has 0 aliphatic carbocycles. The average molecular weight is 191 g/mol. The first-order valence-corrected chi connectivity index (χ1v) is 4.06. The summed E-state index contributed by atoms with van der Waals surface area (Å²) in [6.45, 7) is 2.57. The maximum absolute atomic E-state index is 11.6. The number of carbonyl (C=O) groups excluding carboxylic acids is 2. The molecule has 0 heterocycles. The number of ether oxygens (including phenoxy) is 1. The SMILES string of the molecule is CC(C)C(C=O)NC(=O)OCCF. The molecule has 0 fully saturated rings. The molecule has 0 aromatic carbocycles. The fraction of sp³-hybridized carbons (Fsp3) is 0.750. The Morgan fingerprint density at radius 1 is 1.62 bits per heavy atom. The van der Waals surface area contributed by atoms with Crippen LogP contribution in [0, 0.1) is 5.92 Å². The van der Waals surface area contributed by atoms with E-state index in [1.807, 2.05) is 0 Å². The third-order valence-corrected chi connectivity index (χ3v) is 1.46. The van der Waals surface area contributed by atoms with E-state index in [1.165, 1.54) is 0 Å². The van der Waals surface area contributed by atoms with Crippen LogP contribution in [0.2, 0.25) is 0 Å². The molecule has 0 saturated carbocycles. The number of amides is 1. The van der Waals surface area contributed by atoms with Crippen LogP contribution in [0.25, 0.3) is 0 Å². The summed E-state index contributed by atoms with van der Waals surface area (Å²) in [6.07, 6.45) is -0.134. The van der Waals surface area contributed by atoms with Gasteiger partial charge in [0.1, 0.15) is 19.6 Å². The quantitative estimate of drug-likeness (QED) is 0.657. The smallest absolute Gasteiger partial charge is 0.407 e. The molecule has 1 unspecified atom stereocenters. The molecule has 0 aliphatic rings. The number of aldehydes is 1. The van der Waals surface area contributed by atoms with Gasteiger partial charge in [-0.1, -0.05) is 13.8 Å². The average Bonchev–Trinajstić information content (AvgIpc) is 2.10. The molecule has 0 aromatic rings. The number of alkyl halides is 1. The van der Waals surface area contributed by atoms with Gasteiger partial charge in [0.25, 0.3) is 0 Å². The molecule has 0 radical (unpaired) electrons. The van der Waals surface area contributed by atoms with E-state index >= 15 is 0 Å². The standard InChI is InChI=1S/C8H14FNO3/c1-6(2)7(5-11)10-8(12)13-4-3-9/h5-7H,3-4H2,1-2H3,(H,10,12). The lowest BCUT2D eigenvalue weighted by atomic mass is 10.1. The molecule has 0 rings (SSSR count). The maximum Gasteiger partial charge on any atom is 0.407 e. The molecule has 0 aromatic heterocycles. The highest BCUT2D eigenvalue weighted by atomic mass is 19.1. The molecule has 0 bridgehead atoms. The lowest BCUT2D eigenvalue weighted by Crippen LogP contribution is -2.40. The summed E-state index contributed by atoms with van der Waals surface area (Å²) in [5.74, 6) is -0.00423. The Morgan fingerprint density at radius 3 is 2.62 bits per heavy atom. The number of carbonyl (C=O) groups is 2. The molecular weight excluding hydrogens is 177 g/mol. The number of halogens is 1. The minimum atomic E-state index is -0.761.